The van der Waals surface area contributed by atoms with E-state index < -0.39 is 5.97 Å². The Kier molecular flexibility index (Phi) is 4.79. The van der Waals surface area contributed by atoms with Crippen LogP contribution in [0.1, 0.15) is 22.3 Å². The van der Waals surface area contributed by atoms with Gasteiger partial charge in [0.25, 0.3) is 0 Å². The van der Waals surface area contributed by atoms with Crippen molar-refractivity contribution in [3.63, 3.8) is 0 Å². The van der Waals surface area contributed by atoms with Gasteiger partial charge in [0.1, 0.15) is 0 Å². The molecular formula is C16H13NO3S. The number of hydrogen-bond acceptors (Lipinski definition) is 3. The molecule has 106 valence electrons. The molecule has 0 spiro atoms. The number of carboxylic acid groups (broad SMARTS) is 1. The van der Waals surface area contributed by atoms with Gasteiger partial charge in [-0.15, -0.1) is 0 Å². The Balaban J connectivity index is 1.97. The van der Waals surface area contributed by atoms with Crippen LogP contribution < -0.4 is 5.32 Å². The average molecular weight is 299 g/mol. The number of carbonyl (C=O) groups excluding carboxylic acids is 1. The maximum Gasteiger partial charge on any atom is 0.335 e. The van der Waals surface area contributed by atoms with E-state index >= 15 is 0 Å². The van der Waals surface area contributed by atoms with Crippen LogP contribution in [0.2, 0.25) is 0 Å². The van der Waals surface area contributed by atoms with E-state index in [-0.39, 0.29) is 17.9 Å². The second kappa shape index (κ2) is 6.76. The molecule has 0 unspecified atom stereocenters. The number of rotatable bonds is 5. The number of anilines is 1. The minimum absolute atomic E-state index is 0.0800. The maximum absolute atomic E-state index is 11.9. The number of carboxylic acids is 1. The molecule has 0 aliphatic rings. The number of thiocarbonyl (C=S) groups is 1. The third-order valence-corrected chi connectivity index (χ3v) is 3.21. The molecule has 0 bridgehead atoms. The summed E-state index contributed by atoms with van der Waals surface area (Å²) in [6, 6.07) is 15.3. The summed E-state index contributed by atoms with van der Waals surface area (Å²) in [7, 11) is 0. The van der Waals surface area contributed by atoms with Crippen LogP contribution in [-0.4, -0.2) is 21.8 Å². The number of hydrogen-bond donors (Lipinski definition) is 2. The molecule has 0 atom stereocenters. The summed E-state index contributed by atoms with van der Waals surface area (Å²) in [4.78, 5) is 23.1. The molecule has 0 aliphatic heterocycles. The molecule has 2 N–H and O–H groups in total. The van der Waals surface area contributed by atoms with E-state index in [1.165, 1.54) is 12.1 Å². The summed E-state index contributed by atoms with van der Waals surface area (Å²) < 4.78 is 0. The van der Waals surface area contributed by atoms with Crippen molar-refractivity contribution in [2.24, 2.45) is 0 Å². The maximum atomic E-state index is 11.9. The van der Waals surface area contributed by atoms with Gasteiger partial charge in [-0.1, -0.05) is 42.5 Å². The highest BCUT2D eigenvalue weighted by molar-refractivity contribution is 7.80. The summed E-state index contributed by atoms with van der Waals surface area (Å²) >= 11 is 5.21. The molecule has 2 aromatic rings. The Morgan fingerprint density at radius 2 is 1.52 bits per heavy atom. The lowest BCUT2D eigenvalue weighted by Gasteiger charge is -2.06. The topological polar surface area (TPSA) is 66.4 Å². The zero-order chi connectivity index (χ0) is 15.2. The molecule has 5 heteroatoms. The van der Waals surface area contributed by atoms with Gasteiger partial charge < -0.3 is 10.4 Å². The Labute approximate surface area is 127 Å². The molecule has 0 radical (unpaired) electrons. The molecule has 0 heterocycles. The van der Waals surface area contributed by atoms with Crippen LogP contribution in [0.25, 0.3) is 0 Å². The fourth-order valence-electron chi connectivity index (χ4n) is 1.77. The molecule has 4 nitrogen and oxygen atoms in total. The van der Waals surface area contributed by atoms with Gasteiger partial charge in [0, 0.05) is 10.6 Å². The van der Waals surface area contributed by atoms with E-state index in [2.05, 4.69) is 5.32 Å². The molecule has 1 amide bonds. The second-order valence-corrected chi connectivity index (χ2v) is 4.89. The monoisotopic (exact) mass is 299 g/mol. The fraction of sp³-hybridized carbons (Fsp3) is 0.0625. The number of nitrogens with one attached hydrogen (secondary N) is 1. The van der Waals surface area contributed by atoms with Gasteiger partial charge in [0.15, 0.2) is 0 Å². The smallest absolute Gasteiger partial charge is 0.335 e. The predicted molar refractivity (Wildman–Crippen MR) is 84.8 cm³/mol. The Bertz CT molecular complexity index is 666. The molecular weight excluding hydrogens is 286 g/mol. The van der Waals surface area contributed by atoms with Gasteiger partial charge in [-0.3, -0.25) is 4.79 Å². The van der Waals surface area contributed by atoms with Crippen LogP contribution in [0.15, 0.2) is 54.6 Å². The van der Waals surface area contributed by atoms with Crippen LogP contribution >= 0.6 is 12.2 Å². The van der Waals surface area contributed by atoms with E-state index in [0.29, 0.717) is 16.1 Å². The van der Waals surface area contributed by atoms with Crippen molar-refractivity contribution in [3.8, 4) is 0 Å². The first-order chi connectivity index (χ1) is 10.1. The van der Waals surface area contributed by atoms with E-state index in [0.717, 1.165) is 0 Å². The molecule has 2 aromatic carbocycles. The van der Waals surface area contributed by atoms with Gasteiger partial charge in [0.2, 0.25) is 5.91 Å². The zero-order valence-corrected chi connectivity index (χ0v) is 11.9. The van der Waals surface area contributed by atoms with Crippen molar-refractivity contribution in [1.29, 1.82) is 0 Å². The summed E-state index contributed by atoms with van der Waals surface area (Å²) in [6.45, 7) is 0. The lowest BCUT2D eigenvalue weighted by atomic mass is 10.1. The number of carbonyl (C=O) groups is 2. The highest BCUT2D eigenvalue weighted by Crippen LogP contribution is 2.10. The summed E-state index contributed by atoms with van der Waals surface area (Å²) in [5.41, 5.74) is 1.58. The summed E-state index contributed by atoms with van der Waals surface area (Å²) in [6.07, 6.45) is 0.0800. The Morgan fingerprint density at radius 3 is 2.10 bits per heavy atom. The Hall–Kier alpha value is -2.53. The van der Waals surface area contributed by atoms with Crippen LogP contribution in [0.3, 0.4) is 0 Å². The lowest BCUT2D eigenvalue weighted by molar-refractivity contribution is -0.115. The van der Waals surface area contributed by atoms with Crippen LogP contribution in [0, 0.1) is 0 Å². The highest BCUT2D eigenvalue weighted by Gasteiger charge is 2.09. The number of para-hydroxylation sites is 1. The SMILES string of the molecule is O=C(CC(=S)c1ccc(C(=O)O)cc1)Nc1ccccc1. The van der Waals surface area contributed by atoms with Gasteiger partial charge in [-0.05, 0) is 29.8 Å². The van der Waals surface area contributed by atoms with E-state index in [4.69, 9.17) is 17.3 Å². The van der Waals surface area contributed by atoms with Gasteiger partial charge >= 0.3 is 5.97 Å². The third-order valence-electron chi connectivity index (χ3n) is 2.83. The molecule has 2 rings (SSSR count). The normalized spacial score (nSPS) is 9.90. The quantitative estimate of drug-likeness (QED) is 0.657. The van der Waals surface area contributed by atoms with Crippen molar-refractivity contribution in [2.75, 3.05) is 5.32 Å². The number of aromatic carboxylic acids is 1. The molecule has 0 aliphatic carbocycles. The molecule has 21 heavy (non-hydrogen) atoms. The number of amides is 1. The van der Waals surface area contributed by atoms with E-state index in [1.54, 1.807) is 24.3 Å². The highest BCUT2D eigenvalue weighted by atomic mass is 32.1. The second-order valence-electron chi connectivity index (χ2n) is 4.40. The van der Waals surface area contributed by atoms with Gasteiger partial charge in [0.05, 0.1) is 12.0 Å². The van der Waals surface area contributed by atoms with Gasteiger partial charge in [-0.25, -0.2) is 4.79 Å². The lowest BCUT2D eigenvalue weighted by Crippen LogP contribution is -2.16. The predicted octanol–water partition coefficient (Wildman–Crippen LogP) is 3.13. The van der Waals surface area contributed by atoms with Crippen LogP contribution in [0.5, 0.6) is 0 Å². The molecule has 0 saturated heterocycles. The zero-order valence-electron chi connectivity index (χ0n) is 11.1. The van der Waals surface area contributed by atoms with E-state index in [1.807, 2.05) is 18.2 Å². The fourth-order valence-corrected chi connectivity index (χ4v) is 2.04. The van der Waals surface area contributed by atoms with Crippen molar-refractivity contribution in [3.05, 3.63) is 65.7 Å². The van der Waals surface area contributed by atoms with Crippen molar-refractivity contribution in [2.45, 2.75) is 6.42 Å². The molecule has 0 fully saturated rings. The first kappa shape index (κ1) is 14.9. The van der Waals surface area contributed by atoms with E-state index in [9.17, 15) is 9.59 Å². The molecule has 0 aromatic heterocycles. The van der Waals surface area contributed by atoms with Crippen molar-refractivity contribution < 1.29 is 14.7 Å². The Morgan fingerprint density at radius 1 is 0.952 bits per heavy atom. The largest absolute Gasteiger partial charge is 0.478 e. The first-order valence-electron chi connectivity index (χ1n) is 6.28. The summed E-state index contributed by atoms with van der Waals surface area (Å²) in [5, 5.41) is 11.6. The van der Waals surface area contributed by atoms with Gasteiger partial charge in [-0.2, -0.15) is 0 Å². The first-order valence-corrected chi connectivity index (χ1v) is 6.68. The van der Waals surface area contributed by atoms with Crippen LogP contribution in [0.4, 0.5) is 5.69 Å². The average Bonchev–Trinajstić information content (AvgIpc) is 2.48. The minimum atomic E-state index is -0.991. The van der Waals surface area contributed by atoms with Crippen molar-refractivity contribution >= 4 is 34.6 Å². The van der Waals surface area contributed by atoms with Crippen molar-refractivity contribution in [1.82, 2.24) is 0 Å². The van der Waals surface area contributed by atoms with Crippen LogP contribution in [-0.2, 0) is 4.79 Å². The third kappa shape index (κ3) is 4.22. The molecule has 0 saturated carbocycles. The summed E-state index contributed by atoms with van der Waals surface area (Å²) in [5.74, 6) is -1.19. The minimum Gasteiger partial charge on any atom is -0.478 e. The number of benzene rings is 2. The standard InChI is InChI=1S/C16H13NO3S/c18-15(17-13-4-2-1-3-5-13)10-14(21)11-6-8-12(9-7-11)16(19)20/h1-9H,10H2,(H,17,18)(H,19,20).